The molecular weight excluding hydrogens is 208 g/mol. The van der Waals surface area contributed by atoms with Crippen LogP contribution in [-0.4, -0.2) is 28.9 Å². The fourth-order valence-electron chi connectivity index (χ4n) is 1.28. The molecule has 0 saturated carbocycles. The standard InChI is InChI=1S/C12H16O4/c1-8-7-10(12(14)15)3-4-11(8)16-6-5-9(2)13/h3-4,7,9,13H,5-6H2,1-2H3,(H,14,15). The lowest BCUT2D eigenvalue weighted by atomic mass is 10.1. The van der Waals surface area contributed by atoms with E-state index in [4.69, 9.17) is 14.9 Å². The molecule has 0 bridgehead atoms. The third kappa shape index (κ3) is 3.55. The summed E-state index contributed by atoms with van der Waals surface area (Å²) in [6, 6.07) is 4.72. The molecule has 1 aromatic carbocycles. The Morgan fingerprint density at radius 2 is 2.19 bits per heavy atom. The van der Waals surface area contributed by atoms with Crippen LogP contribution in [0.4, 0.5) is 0 Å². The summed E-state index contributed by atoms with van der Waals surface area (Å²) < 4.78 is 5.43. The lowest BCUT2D eigenvalue weighted by Gasteiger charge is -2.10. The second-order valence-electron chi connectivity index (χ2n) is 3.77. The average Bonchev–Trinajstić information content (AvgIpc) is 2.19. The summed E-state index contributed by atoms with van der Waals surface area (Å²) in [4.78, 5) is 10.7. The van der Waals surface area contributed by atoms with Crippen molar-refractivity contribution in [2.24, 2.45) is 0 Å². The Bertz CT molecular complexity index is 371. The minimum atomic E-state index is -0.946. The summed E-state index contributed by atoms with van der Waals surface area (Å²) in [6.07, 6.45) is 0.165. The van der Waals surface area contributed by atoms with Gasteiger partial charge in [0.2, 0.25) is 0 Å². The van der Waals surface area contributed by atoms with Crippen LogP contribution < -0.4 is 4.74 Å². The molecule has 1 aromatic rings. The van der Waals surface area contributed by atoms with Gasteiger partial charge in [0.25, 0.3) is 0 Å². The van der Waals surface area contributed by atoms with Gasteiger partial charge in [0.05, 0.1) is 18.3 Å². The summed E-state index contributed by atoms with van der Waals surface area (Å²) >= 11 is 0. The maximum Gasteiger partial charge on any atom is 0.335 e. The minimum Gasteiger partial charge on any atom is -0.493 e. The molecule has 2 N–H and O–H groups in total. The van der Waals surface area contributed by atoms with Crippen molar-refractivity contribution in [3.05, 3.63) is 29.3 Å². The molecule has 0 aromatic heterocycles. The third-order valence-corrected chi connectivity index (χ3v) is 2.22. The molecule has 0 fully saturated rings. The Morgan fingerprint density at radius 3 is 2.69 bits per heavy atom. The molecule has 1 unspecified atom stereocenters. The van der Waals surface area contributed by atoms with Gasteiger partial charge in [0, 0.05) is 6.42 Å². The van der Waals surface area contributed by atoms with Crippen molar-refractivity contribution in [2.45, 2.75) is 26.4 Å². The number of aromatic carboxylic acids is 1. The van der Waals surface area contributed by atoms with Crippen LogP contribution in [0.5, 0.6) is 5.75 Å². The summed E-state index contributed by atoms with van der Waals surface area (Å²) in [6.45, 7) is 3.92. The van der Waals surface area contributed by atoms with Crippen molar-refractivity contribution in [1.82, 2.24) is 0 Å². The van der Waals surface area contributed by atoms with E-state index >= 15 is 0 Å². The molecule has 0 aliphatic rings. The Kier molecular flexibility index (Phi) is 4.31. The zero-order valence-corrected chi connectivity index (χ0v) is 9.43. The fraction of sp³-hybridized carbons (Fsp3) is 0.417. The Hall–Kier alpha value is -1.55. The Balaban J connectivity index is 2.64. The minimum absolute atomic E-state index is 0.250. The number of carbonyl (C=O) groups is 1. The van der Waals surface area contributed by atoms with Gasteiger partial charge in [-0.2, -0.15) is 0 Å². The van der Waals surface area contributed by atoms with Crippen LogP contribution in [0.2, 0.25) is 0 Å². The highest BCUT2D eigenvalue weighted by Gasteiger charge is 2.06. The second kappa shape index (κ2) is 5.51. The van der Waals surface area contributed by atoms with Crippen molar-refractivity contribution in [3.8, 4) is 5.75 Å². The van der Waals surface area contributed by atoms with E-state index < -0.39 is 12.1 Å². The van der Waals surface area contributed by atoms with E-state index in [1.165, 1.54) is 6.07 Å². The van der Waals surface area contributed by atoms with E-state index in [2.05, 4.69) is 0 Å². The lowest BCUT2D eigenvalue weighted by molar-refractivity contribution is 0.0696. The van der Waals surface area contributed by atoms with E-state index in [0.29, 0.717) is 18.8 Å². The predicted molar refractivity (Wildman–Crippen MR) is 59.9 cm³/mol. The van der Waals surface area contributed by atoms with Gasteiger partial charge in [-0.25, -0.2) is 4.79 Å². The number of hydrogen-bond acceptors (Lipinski definition) is 3. The van der Waals surface area contributed by atoms with Gasteiger partial charge in [-0.1, -0.05) is 0 Å². The number of rotatable bonds is 5. The molecule has 0 aliphatic carbocycles. The van der Waals surface area contributed by atoms with Crippen molar-refractivity contribution >= 4 is 5.97 Å². The molecule has 4 heteroatoms. The van der Waals surface area contributed by atoms with E-state index in [-0.39, 0.29) is 5.56 Å². The zero-order chi connectivity index (χ0) is 12.1. The molecule has 1 atom stereocenters. The summed E-state index contributed by atoms with van der Waals surface area (Å²) in [7, 11) is 0. The van der Waals surface area contributed by atoms with Gasteiger partial charge in [0.1, 0.15) is 5.75 Å². The molecule has 0 aliphatic heterocycles. The van der Waals surface area contributed by atoms with Crippen LogP contribution in [0, 0.1) is 6.92 Å². The van der Waals surface area contributed by atoms with E-state index in [9.17, 15) is 4.79 Å². The largest absolute Gasteiger partial charge is 0.493 e. The third-order valence-electron chi connectivity index (χ3n) is 2.22. The van der Waals surface area contributed by atoms with Crippen molar-refractivity contribution < 1.29 is 19.7 Å². The monoisotopic (exact) mass is 224 g/mol. The number of hydrogen-bond donors (Lipinski definition) is 2. The molecule has 4 nitrogen and oxygen atoms in total. The first kappa shape index (κ1) is 12.5. The van der Waals surface area contributed by atoms with Crippen molar-refractivity contribution in [1.29, 1.82) is 0 Å². The number of aryl methyl sites for hydroxylation is 1. The van der Waals surface area contributed by atoms with Crippen LogP contribution in [0.1, 0.15) is 29.3 Å². The molecule has 0 spiro atoms. The highest BCUT2D eigenvalue weighted by molar-refractivity contribution is 5.88. The van der Waals surface area contributed by atoms with E-state index in [1.54, 1.807) is 26.0 Å². The maximum absolute atomic E-state index is 10.7. The molecule has 0 radical (unpaired) electrons. The van der Waals surface area contributed by atoms with Gasteiger partial charge in [-0.15, -0.1) is 0 Å². The second-order valence-corrected chi connectivity index (χ2v) is 3.77. The normalized spacial score (nSPS) is 12.2. The van der Waals surface area contributed by atoms with Crippen molar-refractivity contribution in [2.75, 3.05) is 6.61 Å². The van der Waals surface area contributed by atoms with Crippen molar-refractivity contribution in [3.63, 3.8) is 0 Å². The number of carboxylic acid groups (broad SMARTS) is 1. The highest BCUT2D eigenvalue weighted by Crippen LogP contribution is 2.19. The topological polar surface area (TPSA) is 66.8 Å². The first-order valence-electron chi connectivity index (χ1n) is 5.15. The number of ether oxygens (including phenoxy) is 1. The molecule has 16 heavy (non-hydrogen) atoms. The van der Waals surface area contributed by atoms with Crippen LogP contribution in [0.3, 0.4) is 0 Å². The molecule has 0 amide bonds. The SMILES string of the molecule is Cc1cc(C(=O)O)ccc1OCCC(C)O. The molecular formula is C12H16O4. The molecule has 1 rings (SSSR count). The van der Waals surface area contributed by atoms with Gasteiger partial charge >= 0.3 is 5.97 Å². The Labute approximate surface area is 94.5 Å². The lowest BCUT2D eigenvalue weighted by Crippen LogP contribution is -2.08. The van der Waals surface area contributed by atoms with Gasteiger partial charge in [0.15, 0.2) is 0 Å². The Morgan fingerprint density at radius 1 is 1.50 bits per heavy atom. The van der Waals surface area contributed by atoms with Crippen LogP contribution in [0.15, 0.2) is 18.2 Å². The number of aliphatic hydroxyl groups excluding tert-OH is 1. The van der Waals surface area contributed by atoms with E-state index in [0.717, 1.165) is 5.56 Å². The quantitative estimate of drug-likeness (QED) is 0.800. The summed E-state index contributed by atoms with van der Waals surface area (Å²) in [5, 5.41) is 17.8. The number of benzene rings is 1. The average molecular weight is 224 g/mol. The molecule has 0 saturated heterocycles. The smallest absolute Gasteiger partial charge is 0.335 e. The highest BCUT2D eigenvalue weighted by atomic mass is 16.5. The van der Waals surface area contributed by atoms with Crippen LogP contribution in [-0.2, 0) is 0 Å². The van der Waals surface area contributed by atoms with E-state index in [1.807, 2.05) is 0 Å². The number of aliphatic hydroxyl groups is 1. The first-order valence-corrected chi connectivity index (χ1v) is 5.15. The fourth-order valence-corrected chi connectivity index (χ4v) is 1.28. The van der Waals surface area contributed by atoms with Crippen LogP contribution in [0.25, 0.3) is 0 Å². The maximum atomic E-state index is 10.7. The molecule has 88 valence electrons. The molecule has 0 heterocycles. The van der Waals surface area contributed by atoms with Gasteiger partial charge in [-0.05, 0) is 37.6 Å². The summed E-state index contributed by atoms with van der Waals surface area (Å²) in [5.41, 5.74) is 1.03. The van der Waals surface area contributed by atoms with Crippen LogP contribution >= 0.6 is 0 Å². The first-order chi connectivity index (χ1) is 7.50. The summed E-state index contributed by atoms with van der Waals surface area (Å²) in [5.74, 6) is -0.288. The number of carboxylic acids is 1. The zero-order valence-electron chi connectivity index (χ0n) is 9.43. The predicted octanol–water partition coefficient (Wildman–Crippen LogP) is 1.84. The van der Waals surface area contributed by atoms with Gasteiger partial charge < -0.3 is 14.9 Å². The van der Waals surface area contributed by atoms with Gasteiger partial charge in [-0.3, -0.25) is 0 Å².